The average molecular weight is 485 g/mol. The van der Waals surface area contributed by atoms with E-state index in [9.17, 15) is 0 Å². The van der Waals surface area contributed by atoms with E-state index in [4.69, 9.17) is 28.9 Å². The highest BCUT2D eigenvalue weighted by molar-refractivity contribution is 6.43. The van der Waals surface area contributed by atoms with Crippen LogP contribution < -0.4 is 11.1 Å². The molecule has 0 saturated carbocycles. The van der Waals surface area contributed by atoms with Gasteiger partial charge in [-0.3, -0.25) is 9.97 Å². The summed E-state index contributed by atoms with van der Waals surface area (Å²) in [5.41, 5.74) is 12.8. The molecule has 0 atom stereocenters. The summed E-state index contributed by atoms with van der Waals surface area (Å²) >= 11 is 12.3. The van der Waals surface area contributed by atoms with Crippen molar-refractivity contribution in [1.82, 2.24) is 30.2 Å². The highest BCUT2D eigenvalue weighted by Gasteiger charge is 2.14. The van der Waals surface area contributed by atoms with Crippen LogP contribution in [-0.4, -0.2) is 30.2 Å². The first-order chi connectivity index (χ1) is 15.8. The standard InChI is InChI=1S/C15H14Cl2N6.C8H12N2/c1-9-6-7-18-10(2)11(9)8-19-15-20-21-22-23(15)13-5-3-4-12(16)14(13)17;1-6-3-4-10-7(2)8(6)5-9/h3-7H,8H2,1-2H3,(H,19,20,22);3-4H,5,9H2,1-2H3. The number of halogens is 2. The second-order valence-electron chi connectivity index (χ2n) is 7.43. The average Bonchev–Trinajstić information content (AvgIpc) is 3.24. The molecule has 3 aromatic heterocycles. The van der Waals surface area contributed by atoms with Crippen LogP contribution in [0.1, 0.15) is 33.6 Å². The van der Waals surface area contributed by atoms with E-state index in [1.807, 2.05) is 39.1 Å². The minimum Gasteiger partial charge on any atom is -0.349 e. The zero-order valence-electron chi connectivity index (χ0n) is 19.0. The topological polar surface area (TPSA) is 107 Å². The number of nitrogens with two attached hydrogens (primary N) is 1. The molecule has 0 aliphatic heterocycles. The largest absolute Gasteiger partial charge is 0.349 e. The number of rotatable bonds is 5. The lowest BCUT2D eigenvalue weighted by Gasteiger charge is -2.11. The van der Waals surface area contributed by atoms with Gasteiger partial charge in [-0.25, -0.2) is 0 Å². The van der Waals surface area contributed by atoms with Gasteiger partial charge in [-0.05, 0) is 84.6 Å². The summed E-state index contributed by atoms with van der Waals surface area (Å²) in [4.78, 5) is 8.44. The van der Waals surface area contributed by atoms with Crippen molar-refractivity contribution in [2.24, 2.45) is 5.73 Å². The van der Waals surface area contributed by atoms with Crippen molar-refractivity contribution < 1.29 is 0 Å². The van der Waals surface area contributed by atoms with Crippen LogP contribution in [0.15, 0.2) is 42.7 Å². The van der Waals surface area contributed by atoms with Gasteiger partial charge in [0.05, 0.1) is 15.7 Å². The zero-order valence-corrected chi connectivity index (χ0v) is 20.5. The van der Waals surface area contributed by atoms with E-state index < -0.39 is 0 Å². The Labute approximate surface area is 203 Å². The number of tetrazole rings is 1. The van der Waals surface area contributed by atoms with Crippen molar-refractivity contribution in [3.05, 3.63) is 86.4 Å². The Bertz CT molecular complexity index is 1200. The number of nitrogens with one attached hydrogen (secondary N) is 1. The molecule has 10 heteroatoms. The van der Waals surface area contributed by atoms with Crippen molar-refractivity contribution >= 4 is 29.2 Å². The van der Waals surface area contributed by atoms with E-state index in [0.717, 1.165) is 22.5 Å². The van der Waals surface area contributed by atoms with E-state index in [0.29, 0.717) is 34.8 Å². The van der Waals surface area contributed by atoms with Crippen LogP contribution in [0.4, 0.5) is 5.95 Å². The summed E-state index contributed by atoms with van der Waals surface area (Å²) in [5, 5.41) is 15.8. The molecular weight excluding hydrogens is 459 g/mol. The minimum atomic E-state index is 0.401. The first-order valence-electron chi connectivity index (χ1n) is 10.3. The van der Waals surface area contributed by atoms with Crippen molar-refractivity contribution in [2.75, 3.05) is 5.32 Å². The van der Waals surface area contributed by atoms with E-state index in [1.165, 1.54) is 15.8 Å². The van der Waals surface area contributed by atoms with Gasteiger partial charge in [0.1, 0.15) is 0 Å². The third kappa shape index (κ3) is 5.84. The summed E-state index contributed by atoms with van der Waals surface area (Å²) in [7, 11) is 0. The lowest BCUT2D eigenvalue weighted by atomic mass is 10.1. The fourth-order valence-corrected chi connectivity index (χ4v) is 3.68. The molecule has 172 valence electrons. The zero-order chi connectivity index (χ0) is 24.0. The van der Waals surface area contributed by atoms with Crippen molar-refractivity contribution in [1.29, 1.82) is 0 Å². The van der Waals surface area contributed by atoms with Gasteiger partial charge in [0.2, 0.25) is 5.95 Å². The maximum Gasteiger partial charge on any atom is 0.248 e. The predicted octanol–water partition coefficient (Wildman–Crippen LogP) is 4.75. The molecule has 0 aliphatic rings. The summed E-state index contributed by atoms with van der Waals surface area (Å²) in [6.07, 6.45) is 3.60. The van der Waals surface area contributed by atoms with Crippen LogP contribution in [-0.2, 0) is 13.1 Å². The summed E-state index contributed by atoms with van der Waals surface area (Å²) in [5.74, 6) is 0.483. The second kappa shape index (κ2) is 11.2. The van der Waals surface area contributed by atoms with Gasteiger partial charge in [-0.15, -0.1) is 0 Å². The fourth-order valence-electron chi connectivity index (χ4n) is 3.31. The van der Waals surface area contributed by atoms with Gasteiger partial charge in [0, 0.05) is 36.9 Å². The van der Waals surface area contributed by atoms with E-state index in [-0.39, 0.29) is 0 Å². The first kappa shape index (κ1) is 24.6. The second-order valence-corrected chi connectivity index (χ2v) is 8.21. The number of nitrogens with zero attached hydrogens (tertiary/aromatic N) is 6. The number of pyridine rings is 2. The first-order valence-corrected chi connectivity index (χ1v) is 11.1. The van der Waals surface area contributed by atoms with Crippen molar-refractivity contribution in [3.8, 4) is 5.69 Å². The molecule has 0 amide bonds. The smallest absolute Gasteiger partial charge is 0.248 e. The van der Waals surface area contributed by atoms with Crippen molar-refractivity contribution in [3.63, 3.8) is 0 Å². The molecule has 0 radical (unpaired) electrons. The highest BCUT2D eigenvalue weighted by atomic mass is 35.5. The molecule has 3 heterocycles. The number of aryl methyl sites for hydroxylation is 4. The normalized spacial score (nSPS) is 10.5. The molecule has 0 spiro atoms. The molecule has 8 nitrogen and oxygen atoms in total. The maximum absolute atomic E-state index is 6.24. The van der Waals surface area contributed by atoms with Crippen LogP contribution in [0, 0.1) is 27.7 Å². The number of hydrogen-bond donors (Lipinski definition) is 2. The molecule has 0 fully saturated rings. The predicted molar refractivity (Wildman–Crippen MR) is 132 cm³/mol. The minimum absolute atomic E-state index is 0.401. The van der Waals surface area contributed by atoms with Crippen LogP contribution in [0.3, 0.4) is 0 Å². The Kier molecular flexibility index (Phi) is 8.32. The van der Waals surface area contributed by atoms with E-state index in [2.05, 4.69) is 37.7 Å². The van der Waals surface area contributed by atoms with Gasteiger partial charge >= 0.3 is 0 Å². The molecule has 4 rings (SSSR count). The fraction of sp³-hybridized carbons (Fsp3) is 0.261. The Balaban J connectivity index is 0.000000257. The molecule has 0 saturated heterocycles. The van der Waals surface area contributed by atoms with Crippen LogP contribution in [0.2, 0.25) is 10.0 Å². The molecule has 4 aromatic rings. The Morgan fingerprint density at radius 1 is 0.909 bits per heavy atom. The number of hydrogen-bond acceptors (Lipinski definition) is 7. The van der Waals surface area contributed by atoms with Crippen LogP contribution in [0.5, 0.6) is 0 Å². The summed E-state index contributed by atoms with van der Waals surface area (Å²) in [6.45, 7) is 9.20. The lowest BCUT2D eigenvalue weighted by Crippen LogP contribution is -2.10. The molecule has 3 N–H and O–H groups in total. The van der Waals surface area contributed by atoms with Crippen LogP contribution >= 0.6 is 23.2 Å². The van der Waals surface area contributed by atoms with E-state index in [1.54, 1.807) is 24.4 Å². The third-order valence-corrected chi connectivity index (χ3v) is 6.08. The van der Waals surface area contributed by atoms with Crippen molar-refractivity contribution in [2.45, 2.75) is 40.8 Å². The lowest BCUT2D eigenvalue weighted by molar-refractivity contribution is 0.789. The maximum atomic E-state index is 6.24. The van der Waals surface area contributed by atoms with Gasteiger partial charge < -0.3 is 11.1 Å². The van der Waals surface area contributed by atoms with Crippen LogP contribution in [0.25, 0.3) is 5.69 Å². The Hall–Kier alpha value is -3.07. The van der Waals surface area contributed by atoms with Gasteiger partial charge in [0.25, 0.3) is 0 Å². The van der Waals surface area contributed by atoms with Gasteiger partial charge in [-0.1, -0.05) is 34.4 Å². The molecule has 1 aromatic carbocycles. The van der Waals surface area contributed by atoms with E-state index >= 15 is 0 Å². The molecule has 0 unspecified atom stereocenters. The molecule has 0 aliphatic carbocycles. The van der Waals surface area contributed by atoms with Gasteiger partial charge in [0.15, 0.2) is 0 Å². The quantitative estimate of drug-likeness (QED) is 0.420. The monoisotopic (exact) mass is 484 g/mol. The summed E-state index contributed by atoms with van der Waals surface area (Å²) in [6, 6.07) is 9.27. The third-order valence-electron chi connectivity index (χ3n) is 5.27. The van der Waals surface area contributed by atoms with Gasteiger partial charge in [-0.2, -0.15) is 4.68 Å². The Morgan fingerprint density at radius 2 is 1.55 bits per heavy atom. The molecule has 0 bridgehead atoms. The summed E-state index contributed by atoms with van der Waals surface area (Å²) < 4.78 is 1.52. The Morgan fingerprint density at radius 3 is 2.12 bits per heavy atom. The number of aromatic nitrogens is 6. The molecule has 33 heavy (non-hydrogen) atoms. The number of anilines is 1. The highest BCUT2D eigenvalue weighted by Crippen LogP contribution is 2.29. The molecular formula is C23H26Cl2N8. The SMILES string of the molecule is Cc1ccnc(C)c1CN.Cc1ccnc(C)c1CNc1nnnn1-c1cccc(Cl)c1Cl. The number of benzene rings is 1.